The maximum absolute atomic E-state index is 11.6. The van der Waals surface area contributed by atoms with E-state index in [4.69, 9.17) is 12.2 Å². The number of non-ortho nitro benzene ring substituents is 1. The second-order valence-electron chi connectivity index (χ2n) is 3.75. The van der Waals surface area contributed by atoms with Gasteiger partial charge < -0.3 is 4.74 Å². The summed E-state index contributed by atoms with van der Waals surface area (Å²) in [6, 6.07) is 5.77. The van der Waals surface area contributed by atoms with Crippen LogP contribution in [0.5, 0.6) is 0 Å². The molecule has 0 saturated carbocycles. The van der Waals surface area contributed by atoms with Gasteiger partial charge in [-0.05, 0) is 23.9 Å². The molecule has 1 aromatic carbocycles. The maximum Gasteiger partial charge on any atom is 0.425 e. The van der Waals surface area contributed by atoms with Crippen LogP contribution in [-0.2, 0) is 9.53 Å². The van der Waals surface area contributed by atoms with E-state index in [2.05, 4.69) is 20.9 Å². The normalized spacial score (nSPS) is 9.86. The Labute approximate surface area is 130 Å². The molecule has 1 aromatic rings. The third-order valence-electron chi connectivity index (χ3n) is 2.21. The molecule has 0 aromatic heterocycles. The van der Waals surface area contributed by atoms with Gasteiger partial charge in [-0.2, -0.15) is 0 Å². The van der Waals surface area contributed by atoms with Gasteiger partial charge in [-0.15, -0.1) is 0 Å². The fourth-order valence-electron chi connectivity index (χ4n) is 1.26. The van der Waals surface area contributed by atoms with Crippen molar-refractivity contribution >= 4 is 41.1 Å². The van der Waals surface area contributed by atoms with E-state index in [1.54, 1.807) is 6.07 Å². The largest absolute Gasteiger partial charge is 0.452 e. The predicted molar refractivity (Wildman–Crippen MR) is 81.5 cm³/mol. The van der Waals surface area contributed by atoms with Crippen LogP contribution in [0.3, 0.4) is 0 Å². The van der Waals surface area contributed by atoms with Gasteiger partial charge in [0, 0.05) is 18.2 Å². The van der Waals surface area contributed by atoms with Crippen LogP contribution in [-0.4, -0.2) is 29.1 Å². The Kier molecular flexibility index (Phi) is 6.44. The first kappa shape index (κ1) is 17.0. The highest BCUT2D eigenvalue weighted by Gasteiger charge is 2.05. The van der Waals surface area contributed by atoms with Crippen LogP contribution in [0.4, 0.5) is 10.5 Å². The Morgan fingerprint density at radius 3 is 2.73 bits per heavy atom. The molecule has 0 bridgehead atoms. The highest BCUT2D eigenvalue weighted by molar-refractivity contribution is 7.80. The van der Waals surface area contributed by atoms with E-state index in [1.807, 2.05) is 0 Å². The summed E-state index contributed by atoms with van der Waals surface area (Å²) in [5, 5.41) is 12.7. The molecule has 2 amide bonds. The lowest BCUT2D eigenvalue weighted by molar-refractivity contribution is -0.384. The molecule has 0 radical (unpaired) electrons. The summed E-state index contributed by atoms with van der Waals surface area (Å²) in [4.78, 5) is 32.4. The number of nitro benzene ring substituents is 1. The number of benzene rings is 1. The van der Waals surface area contributed by atoms with Crippen molar-refractivity contribution in [3.8, 4) is 0 Å². The number of hydrazine groups is 1. The van der Waals surface area contributed by atoms with Gasteiger partial charge in [-0.1, -0.05) is 12.1 Å². The zero-order chi connectivity index (χ0) is 16.5. The van der Waals surface area contributed by atoms with Crippen molar-refractivity contribution in [1.29, 1.82) is 0 Å². The zero-order valence-electron chi connectivity index (χ0n) is 11.4. The molecular formula is C12H12N4O5S. The molecule has 0 heterocycles. The lowest BCUT2D eigenvalue weighted by atomic mass is 10.2. The fourth-order valence-corrected chi connectivity index (χ4v) is 1.41. The van der Waals surface area contributed by atoms with Gasteiger partial charge in [-0.25, -0.2) is 10.2 Å². The molecule has 1 rings (SSSR count). The van der Waals surface area contributed by atoms with Crippen molar-refractivity contribution in [2.24, 2.45) is 0 Å². The van der Waals surface area contributed by atoms with Crippen molar-refractivity contribution in [2.45, 2.75) is 0 Å². The summed E-state index contributed by atoms with van der Waals surface area (Å²) in [5.41, 5.74) is 4.70. The summed E-state index contributed by atoms with van der Waals surface area (Å²) in [6.45, 7) is 0. The van der Waals surface area contributed by atoms with Crippen LogP contribution >= 0.6 is 12.2 Å². The quantitative estimate of drug-likeness (QED) is 0.326. The highest BCUT2D eigenvalue weighted by atomic mass is 32.1. The molecule has 0 atom stereocenters. The number of carbonyl (C=O) groups excluding carboxylic acids is 2. The molecule has 0 saturated heterocycles. The first-order valence-corrected chi connectivity index (χ1v) is 6.20. The number of ether oxygens (including phenoxy) is 1. The Balaban J connectivity index is 2.54. The highest BCUT2D eigenvalue weighted by Crippen LogP contribution is 2.13. The first-order chi connectivity index (χ1) is 10.4. The van der Waals surface area contributed by atoms with Gasteiger partial charge in [0.05, 0.1) is 12.0 Å². The van der Waals surface area contributed by atoms with E-state index in [0.29, 0.717) is 5.56 Å². The molecule has 0 aliphatic heterocycles. The van der Waals surface area contributed by atoms with Gasteiger partial charge in [0.25, 0.3) is 5.69 Å². The minimum atomic E-state index is -0.774. The van der Waals surface area contributed by atoms with Crippen molar-refractivity contribution in [3.63, 3.8) is 0 Å². The van der Waals surface area contributed by atoms with Crippen LogP contribution in [0, 0.1) is 10.1 Å². The smallest absolute Gasteiger partial charge is 0.425 e. The molecule has 0 fully saturated rings. The number of hydrogen-bond donors (Lipinski definition) is 3. The fraction of sp³-hybridized carbons (Fsp3) is 0.0833. The number of nitrogens with one attached hydrogen (secondary N) is 3. The number of thiocarbonyl (C=S) groups is 1. The number of methoxy groups -OCH3 is 1. The van der Waals surface area contributed by atoms with Crippen LogP contribution < -0.4 is 16.2 Å². The number of rotatable bonds is 3. The van der Waals surface area contributed by atoms with Gasteiger partial charge in [0.15, 0.2) is 5.11 Å². The third kappa shape index (κ3) is 5.96. The van der Waals surface area contributed by atoms with Crippen LogP contribution in [0.15, 0.2) is 30.3 Å². The molecule has 10 heteroatoms. The summed E-state index contributed by atoms with van der Waals surface area (Å²) in [7, 11) is 1.17. The number of nitro groups is 1. The third-order valence-corrected chi connectivity index (χ3v) is 2.41. The van der Waals surface area contributed by atoms with Gasteiger partial charge in [0.2, 0.25) is 5.91 Å². The second kappa shape index (κ2) is 8.32. The van der Waals surface area contributed by atoms with Crippen molar-refractivity contribution in [2.75, 3.05) is 7.11 Å². The second-order valence-corrected chi connectivity index (χ2v) is 4.15. The van der Waals surface area contributed by atoms with Gasteiger partial charge in [0.1, 0.15) is 0 Å². The van der Waals surface area contributed by atoms with E-state index < -0.39 is 16.9 Å². The minimum absolute atomic E-state index is 0.0815. The minimum Gasteiger partial charge on any atom is -0.452 e. The molecule has 0 spiro atoms. The maximum atomic E-state index is 11.6. The lowest BCUT2D eigenvalue weighted by Crippen LogP contribution is -2.48. The zero-order valence-corrected chi connectivity index (χ0v) is 12.2. The van der Waals surface area contributed by atoms with Crippen LogP contribution in [0.25, 0.3) is 6.08 Å². The summed E-state index contributed by atoms with van der Waals surface area (Å²) >= 11 is 4.75. The molecule has 0 aliphatic carbocycles. The molecular weight excluding hydrogens is 312 g/mol. The Hall–Kier alpha value is -3.01. The average Bonchev–Trinajstić information content (AvgIpc) is 2.50. The molecule has 0 aliphatic rings. The summed E-state index contributed by atoms with van der Waals surface area (Å²) in [5.74, 6) is -0.573. The monoisotopic (exact) mass is 324 g/mol. The van der Waals surface area contributed by atoms with E-state index in [0.717, 1.165) is 6.08 Å². The number of hydrogen-bond acceptors (Lipinski definition) is 6. The Morgan fingerprint density at radius 2 is 2.09 bits per heavy atom. The van der Waals surface area contributed by atoms with Crippen LogP contribution in [0.1, 0.15) is 5.56 Å². The van der Waals surface area contributed by atoms with Crippen molar-refractivity contribution in [1.82, 2.24) is 16.2 Å². The number of nitrogens with zero attached hydrogens (tertiary/aromatic N) is 1. The summed E-state index contributed by atoms with van der Waals surface area (Å²) in [6.07, 6.45) is 1.76. The van der Waals surface area contributed by atoms with E-state index >= 15 is 0 Å². The lowest BCUT2D eigenvalue weighted by Gasteiger charge is -2.08. The molecule has 0 unspecified atom stereocenters. The van der Waals surface area contributed by atoms with Crippen molar-refractivity contribution < 1.29 is 19.2 Å². The van der Waals surface area contributed by atoms with E-state index in [9.17, 15) is 19.7 Å². The first-order valence-electron chi connectivity index (χ1n) is 5.80. The predicted octanol–water partition coefficient (Wildman–Crippen LogP) is 0.870. The SMILES string of the molecule is COC(=O)NNC(=S)NC(=O)/C=C/c1cccc([N+](=O)[O-])c1. The van der Waals surface area contributed by atoms with Crippen LogP contribution in [0.2, 0.25) is 0 Å². The summed E-state index contributed by atoms with van der Waals surface area (Å²) < 4.78 is 4.29. The average molecular weight is 324 g/mol. The molecule has 3 N–H and O–H groups in total. The topological polar surface area (TPSA) is 123 Å². The Morgan fingerprint density at radius 1 is 1.36 bits per heavy atom. The number of amides is 2. The van der Waals surface area contributed by atoms with Gasteiger partial charge >= 0.3 is 6.09 Å². The molecule has 9 nitrogen and oxygen atoms in total. The van der Waals surface area contributed by atoms with Crippen molar-refractivity contribution in [3.05, 3.63) is 46.0 Å². The number of carbonyl (C=O) groups is 2. The molecule has 116 valence electrons. The standard InChI is InChI=1S/C12H12N4O5S/c1-21-12(18)15-14-11(22)13-10(17)6-5-8-3-2-4-9(7-8)16(19)20/h2-7H,1H3,(H,15,18)(H2,13,14,17,22)/b6-5+. The van der Waals surface area contributed by atoms with E-state index in [1.165, 1.54) is 31.4 Å². The van der Waals surface area contributed by atoms with Gasteiger partial charge in [-0.3, -0.25) is 25.7 Å². The van der Waals surface area contributed by atoms with E-state index in [-0.39, 0.29) is 10.8 Å². The molecule has 22 heavy (non-hydrogen) atoms. The Bertz CT molecular complexity index is 632.